The van der Waals surface area contributed by atoms with Crippen LogP contribution in [0.15, 0.2) is 66.7 Å². The van der Waals surface area contributed by atoms with Crippen molar-refractivity contribution in [3.63, 3.8) is 0 Å². The fourth-order valence-corrected chi connectivity index (χ4v) is 4.01. The first kappa shape index (κ1) is 27.5. The minimum absolute atomic E-state index is 0.0237. The van der Waals surface area contributed by atoms with E-state index in [1.54, 1.807) is 39.0 Å². The number of aromatic hydroxyl groups is 1. The normalized spacial score (nSPS) is 12.9. The van der Waals surface area contributed by atoms with E-state index >= 15 is 0 Å². The molecule has 0 spiro atoms. The highest BCUT2D eigenvalue weighted by molar-refractivity contribution is 6.00. The number of phenols is 1. The fourth-order valence-electron chi connectivity index (χ4n) is 4.01. The molecular weight excluding hydrogens is 470 g/mol. The van der Waals surface area contributed by atoms with Gasteiger partial charge < -0.3 is 25.4 Å². The van der Waals surface area contributed by atoms with Gasteiger partial charge in [0.2, 0.25) is 5.91 Å². The summed E-state index contributed by atoms with van der Waals surface area (Å²) >= 11 is 0. The lowest BCUT2D eigenvalue weighted by atomic mass is 10.0. The van der Waals surface area contributed by atoms with Crippen LogP contribution in [-0.4, -0.2) is 46.1 Å². The molecule has 0 saturated heterocycles. The molecule has 0 heterocycles. The number of carbonyl (C=O) groups is 3. The molecule has 8 heteroatoms. The van der Waals surface area contributed by atoms with Crippen LogP contribution in [-0.2, 0) is 14.3 Å². The summed E-state index contributed by atoms with van der Waals surface area (Å²) in [6.07, 6.45) is -0.156. The predicted octanol–water partition coefficient (Wildman–Crippen LogP) is 5.38. The van der Waals surface area contributed by atoms with Gasteiger partial charge in [0.1, 0.15) is 23.9 Å². The van der Waals surface area contributed by atoms with Crippen molar-refractivity contribution in [1.29, 1.82) is 0 Å². The van der Waals surface area contributed by atoms with Crippen molar-refractivity contribution < 1.29 is 24.2 Å². The Morgan fingerprint density at radius 2 is 1.68 bits per heavy atom. The van der Waals surface area contributed by atoms with E-state index in [0.29, 0.717) is 17.7 Å². The molecular formula is C29H35N3O5. The van der Waals surface area contributed by atoms with Gasteiger partial charge in [-0.05, 0) is 74.7 Å². The summed E-state index contributed by atoms with van der Waals surface area (Å²) in [7, 11) is 0. The van der Waals surface area contributed by atoms with E-state index in [9.17, 15) is 19.5 Å². The van der Waals surface area contributed by atoms with Crippen molar-refractivity contribution in [2.24, 2.45) is 0 Å². The molecule has 0 aliphatic rings. The van der Waals surface area contributed by atoms with Gasteiger partial charge >= 0.3 is 6.09 Å². The van der Waals surface area contributed by atoms with E-state index in [2.05, 4.69) is 10.6 Å². The van der Waals surface area contributed by atoms with Crippen LogP contribution in [0.5, 0.6) is 5.75 Å². The molecule has 2 unspecified atom stereocenters. The van der Waals surface area contributed by atoms with Gasteiger partial charge in [0.25, 0.3) is 5.91 Å². The van der Waals surface area contributed by atoms with Crippen molar-refractivity contribution >= 4 is 34.4 Å². The average Bonchev–Trinajstić information content (AvgIpc) is 2.84. The van der Waals surface area contributed by atoms with Crippen LogP contribution >= 0.6 is 0 Å². The van der Waals surface area contributed by atoms with Gasteiger partial charge in [-0.2, -0.15) is 0 Å². The van der Waals surface area contributed by atoms with Crippen molar-refractivity contribution in [2.45, 2.75) is 58.7 Å². The first-order valence-corrected chi connectivity index (χ1v) is 12.3. The highest BCUT2D eigenvalue weighted by Gasteiger charge is 2.35. The summed E-state index contributed by atoms with van der Waals surface area (Å²) in [5.41, 5.74) is 0.314. The van der Waals surface area contributed by atoms with Crippen LogP contribution in [0.4, 0.5) is 10.5 Å². The van der Waals surface area contributed by atoms with E-state index in [-0.39, 0.29) is 18.3 Å². The van der Waals surface area contributed by atoms with Crippen molar-refractivity contribution in [2.75, 3.05) is 11.9 Å². The van der Waals surface area contributed by atoms with Crippen LogP contribution in [0.1, 0.15) is 52.6 Å². The third kappa shape index (κ3) is 7.46. The molecule has 0 radical (unpaired) electrons. The maximum Gasteiger partial charge on any atom is 0.408 e. The maximum atomic E-state index is 13.8. The number of benzene rings is 3. The third-order valence-electron chi connectivity index (χ3n) is 5.87. The standard InChI is InChI=1S/C29H35N3O5/c1-6-19(2)32(25(34)18-30-28(36)37-29(3,4)5)26(22-12-9-13-24(33)17-22)27(35)31-23-15-14-20-10-7-8-11-21(20)16-23/h7-17,19,26,33H,6,18H2,1-5H3,(H,30,36)(H,31,35). The van der Waals surface area contributed by atoms with Gasteiger partial charge in [-0.25, -0.2) is 4.79 Å². The molecule has 0 aliphatic heterocycles. The number of nitrogens with zero attached hydrogens (tertiary/aromatic N) is 1. The van der Waals surface area contributed by atoms with Crippen LogP contribution in [0, 0.1) is 0 Å². The summed E-state index contributed by atoms with van der Waals surface area (Å²) < 4.78 is 5.24. The van der Waals surface area contributed by atoms with E-state index in [1.807, 2.05) is 50.2 Å². The second-order valence-corrected chi connectivity index (χ2v) is 9.96. The van der Waals surface area contributed by atoms with E-state index in [4.69, 9.17) is 4.74 Å². The molecule has 3 amide bonds. The van der Waals surface area contributed by atoms with Crippen LogP contribution in [0.2, 0.25) is 0 Å². The minimum Gasteiger partial charge on any atom is -0.508 e. The zero-order chi connectivity index (χ0) is 27.2. The highest BCUT2D eigenvalue weighted by Crippen LogP contribution is 2.29. The number of rotatable bonds is 8. The van der Waals surface area contributed by atoms with E-state index in [0.717, 1.165) is 10.8 Å². The SMILES string of the molecule is CCC(C)N(C(=O)CNC(=O)OC(C)(C)C)C(C(=O)Nc1ccc2ccccc2c1)c1cccc(O)c1. The van der Waals surface area contributed by atoms with Gasteiger partial charge in [-0.3, -0.25) is 9.59 Å². The van der Waals surface area contributed by atoms with E-state index in [1.165, 1.54) is 17.0 Å². The third-order valence-corrected chi connectivity index (χ3v) is 5.87. The summed E-state index contributed by atoms with van der Waals surface area (Å²) in [5.74, 6) is -0.918. The highest BCUT2D eigenvalue weighted by atomic mass is 16.6. The molecule has 0 saturated carbocycles. The number of alkyl carbamates (subject to hydrolysis) is 1. The number of nitrogens with one attached hydrogen (secondary N) is 2. The number of hydrogen-bond acceptors (Lipinski definition) is 5. The predicted molar refractivity (Wildman–Crippen MR) is 144 cm³/mol. The number of ether oxygens (including phenoxy) is 1. The average molecular weight is 506 g/mol. The largest absolute Gasteiger partial charge is 0.508 e. The van der Waals surface area contributed by atoms with Crippen molar-refractivity contribution in [3.8, 4) is 5.75 Å². The molecule has 3 aromatic carbocycles. The monoisotopic (exact) mass is 505 g/mol. The topological polar surface area (TPSA) is 108 Å². The number of anilines is 1. The molecule has 37 heavy (non-hydrogen) atoms. The molecule has 0 aliphatic carbocycles. The molecule has 196 valence electrons. The maximum absolute atomic E-state index is 13.8. The fraction of sp³-hybridized carbons (Fsp3) is 0.345. The number of hydrogen-bond donors (Lipinski definition) is 3. The molecule has 3 N–H and O–H groups in total. The zero-order valence-corrected chi connectivity index (χ0v) is 21.9. The Bertz CT molecular complexity index is 1270. The number of fused-ring (bicyclic) bond motifs is 1. The summed E-state index contributed by atoms with van der Waals surface area (Å²) in [5, 5.41) is 17.6. The first-order chi connectivity index (χ1) is 17.5. The lowest BCUT2D eigenvalue weighted by Crippen LogP contribution is -2.50. The molecule has 0 aromatic heterocycles. The van der Waals surface area contributed by atoms with Crippen LogP contribution in [0.3, 0.4) is 0 Å². The summed E-state index contributed by atoms with van der Waals surface area (Å²) in [6.45, 7) is 8.59. The first-order valence-electron chi connectivity index (χ1n) is 12.3. The molecule has 3 rings (SSSR count). The Morgan fingerprint density at radius 3 is 2.32 bits per heavy atom. The Kier molecular flexibility index (Phi) is 8.76. The smallest absolute Gasteiger partial charge is 0.408 e. The summed E-state index contributed by atoms with van der Waals surface area (Å²) in [6, 6.07) is 18.3. The number of carbonyl (C=O) groups excluding carboxylic acids is 3. The Morgan fingerprint density at radius 1 is 0.973 bits per heavy atom. The molecule has 2 atom stereocenters. The van der Waals surface area contributed by atoms with Gasteiger partial charge in [-0.1, -0.05) is 49.4 Å². The van der Waals surface area contributed by atoms with Crippen LogP contribution in [0.25, 0.3) is 10.8 Å². The Balaban J connectivity index is 1.93. The van der Waals surface area contributed by atoms with Gasteiger partial charge in [-0.15, -0.1) is 0 Å². The molecule has 0 fully saturated rings. The quantitative estimate of drug-likeness (QED) is 0.381. The Hall–Kier alpha value is -4.07. The lowest BCUT2D eigenvalue weighted by Gasteiger charge is -2.36. The van der Waals surface area contributed by atoms with Gasteiger partial charge in [0.15, 0.2) is 0 Å². The molecule has 0 bridgehead atoms. The van der Waals surface area contributed by atoms with Gasteiger partial charge in [0.05, 0.1) is 0 Å². The second kappa shape index (κ2) is 11.8. The van der Waals surface area contributed by atoms with Crippen LogP contribution < -0.4 is 10.6 Å². The number of amides is 3. The van der Waals surface area contributed by atoms with Crippen molar-refractivity contribution in [1.82, 2.24) is 10.2 Å². The summed E-state index contributed by atoms with van der Waals surface area (Å²) in [4.78, 5) is 40.8. The number of phenolic OH excluding ortho intramolecular Hbond substituents is 1. The van der Waals surface area contributed by atoms with E-state index < -0.39 is 29.6 Å². The van der Waals surface area contributed by atoms with Crippen molar-refractivity contribution in [3.05, 3.63) is 72.3 Å². The minimum atomic E-state index is -1.05. The molecule has 3 aromatic rings. The molecule has 8 nitrogen and oxygen atoms in total. The zero-order valence-electron chi connectivity index (χ0n) is 21.9. The second-order valence-electron chi connectivity index (χ2n) is 9.96. The van der Waals surface area contributed by atoms with Gasteiger partial charge in [0, 0.05) is 11.7 Å². The lowest BCUT2D eigenvalue weighted by molar-refractivity contribution is -0.140. The Labute approximate surface area is 217 Å².